The molecule has 0 bridgehead atoms. The summed E-state index contributed by atoms with van der Waals surface area (Å²) < 4.78 is 62.0. The number of rotatable bonds is 8. The Morgan fingerprint density at radius 3 is 2.48 bits per heavy atom. The molecule has 1 saturated carbocycles. The molecule has 56 heavy (non-hydrogen) atoms. The Morgan fingerprint density at radius 2 is 1.75 bits per heavy atom. The third-order valence-electron chi connectivity index (χ3n) is 10.9. The number of anilines is 3. The summed E-state index contributed by atoms with van der Waals surface area (Å²) in [5.41, 5.74) is 0.647. The van der Waals surface area contributed by atoms with Gasteiger partial charge in [0, 0.05) is 86.0 Å². The first-order valence-corrected chi connectivity index (χ1v) is 18.5. The zero-order valence-electron chi connectivity index (χ0n) is 30.5. The first-order chi connectivity index (χ1) is 26.9. The van der Waals surface area contributed by atoms with Crippen LogP contribution in [0.2, 0.25) is 0 Å². The number of urea groups is 1. The minimum absolute atomic E-state index is 0.157. The van der Waals surface area contributed by atoms with Crippen LogP contribution in [0, 0.1) is 11.7 Å². The molecule has 8 rings (SSSR count). The van der Waals surface area contributed by atoms with Crippen molar-refractivity contribution in [3.05, 3.63) is 78.3 Å². The maximum Gasteiger partial charge on any atom is 0.433 e. The fourth-order valence-electron chi connectivity index (χ4n) is 8.03. The maximum atomic E-state index is 15.1. The Morgan fingerprint density at radius 1 is 0.964 bits per heavy atom. The molecular weight excluding hydrogens is 734 g/mol. The Kier molecular flexibility index (Phi) is 9.94. The number of fused-ring (bicyclic) bond motifs is 2. The van der Waals surface area contributed by atoms with Crippen LogP contribution >= 0.6 is 0 Å². The quantitative estimate of drug-likeness (QED) is 0.172. The molecule has 2 N–H and O–H groups in total. The van der Waals surface area contributed by atoms with Crippen molar-refractivity contribution < 1.29 is 36.7 Å². The van der Waals surface area contributed by atoms with Crippen LogP contribution in [0.5, 0.6) is 5.75 Å². The van der Waals surface area contributed by atoms with Crippen LogP contribution in [0.25, 0.3) is 21.7 Å². The van der Waals surface area contributed by atoms with Crippen LogP contribution in [0.4, 0.5) is 39.4 Å². The number of halogens is 4. The van der Waals surface area contributed by atoms with Gasteiger partial charge >= 0.3 is 12.2 Å². The number of piperazine rings is 1. The number of methoxy groups -OCH3 is 1. The zero-order valence-corrected chi connectivity index (χ0v) is 30.5. The second-order valence-electron chi connectivity index (χ2n) is 14.5. The molecule has 0 atom stereocenters. The molecule has 0 spiro atoms. The Bertz CT molecular complexity index is 2320. The summed E-state index contributed by atoms with van der Waals surface area (Å²) >= 11 is 0. The molecule has 3 aliphatic rings. The number of aromatic nitrogens is 4. The van der Waals surface area contributed by atoms with E-state index in [0.717, 1.165) is 73.9 Å². The minimum atomic E-state index is -4.68. The highest BCUT2D eigenvalue weighted by molar-refractivity contribution is 6.11. The number of nitrogens with one attached hydrogen (secondary N) is 2. The number of imide groups is 1. The molecule has 3 fully saturated rings. The highest BCUT2D eigenvalue weighted by Crippen LogP contribution is 2.38. The first kappa shape index (κ1) is 37.1. The van der Waals surface area contributed by atoms with Crippen molar-refractivity contribution in [2.45, 2.75) is 44.3 Å². The monoisotopic (exact) mass is 773 g/mol. The molecule has 5 heterocycles. The van der Waals surface area contributed by atoms with Crippen molar-refractivity contribution in [1.29, 1.82) is 0 Å². The van der Waals surface area contributed by atoms with Gasteiger partial charge in [0.25, 0.3) is 5.91 Å². The van der Waals surface area contributed by atoms with Crippen molar-refractivity contribution in [2.75, 3.05) is 61.5 Å². The lowest BCUT2D eigenvalue weighted by molar-refractivity contribution is -0.141. The third-order valence-corrected chi connectivity index (χ3v) is 10.9. The number of hydrogen-bond donors (Lipinski definition) is 2. The molecule has 1 aliphatic carbocycles. The van der Waals surface area contributed by atoms with Crippen LogP contribution in [0.3, 0.4) is 0 Å². The second kappa shape index (κ2) is 15.0. The van der Waals surface area contributed by atoms with Crippen LogP contribution in [-0.2, 0) is 11.0 Å². The largest absolute Gasteiger partial charge is 0.494 e. The topological polar surface area (TPSA) is 138 Å². The summed E-state index contributed by atoms with van der Waals surface area (Å²) in [6.45, 7) is 4.20. The minimum Gasteiger partial charge on any atom is -0.494 e. The van der Waals surface area contributed by atoms with Gasteiger partial charge in [-0.1, -0.05) is 6.07 Å². The summed E-state index contributed by atoms with van der Waals surface area (Å²) in [4.78, 5) is 51.1. The van der Waals surface area contributed by atoms with E-state index >= 15 is 4.39 Å². The highest BCUT2D eigenvalue weighted by Gasteiger charge is 2.33. The smallest absolute Gasteiger partial charge is 0.433 e. The van der Waals surface area contributed by atoms with E-state index in [1.54, 1.807) is 18.3 Å². The number of carbonyl (C=O) groups excluding carboxylic acids is 3. The lowest BCUT2D eigenvalue weighted by atomic mass is 9.85. The van der Waals surface area contributed by atoms with Crippen molar-refractivity contribution in [2.24, 2.45) is 5.92 Å². The molecule has 13 nitrogen and oxygen atoms in total. The lowest BCUT2D eigenvalue weighted by Gasteiger charge is -2.39. The van der Waals surface area contributed by atoms with Gasteiger partial charge < -0.3 is 15.0 Å². The lowest BCUT2D eigenvalue weighted by Crippen LogP contribution is -2.49. The zero-order chi connectivity index (χ0) is 39.1. The molecule has 292 valence electrons. The molecule has 2 aromatic carbocycles. The Balaban J connectivity index is 0.876. The van der Waals surface area contributed by atoms with E-state index in [1.165, 1.54) is 36.4 Å². The van der Waals surface area contributed by atoms with E-state index < -0.39 is 29.6 Å². The van der Waals surface area contributed by atoms with E-state index in [-0.39, 0.29) is 30.6 Å². The summed E-state index contributed by atoms with van der Waals surface area (Å²) in [7, 11) is 1.44. The second-order valence-corrected chi connectivity index (χ2v) is 14.5. The fourth-order valence-corrected chi connectivity index (χ4v) is 8.03. The van der Waals surface area contributed by atoms with Crippen LogP contribution in [0.15, 0.2) is 61.1 Å². The van der Waals surface area contributed by atoms with E-state index in [9.17, 15) is 27.6 Å². The molecular formula is C39H39F4N9O4. The average molecular weight is 774 g/mol. The van der Waals surface area contributed by atoms with Gasteiger partial charge in [0.15, 0.2) is 0 Å². The van der Waals surface area contributed by atoms with Gasteiger partial charge in [-0.05, 0) is 61.9 Å². The summed E-state index contributed by atoms with van der Waals surface area (Å²) in [6.07, 6.45) is 4.56. The molecule has 2 aliphatic heterocycles. The van der Waals surface area contributed by atoms with E-state index in [2.05, 4.69) is 30.4 Å². The third kappa shape index (κ3) is 7.54. The number of ether oxygens (including phenoxy) is 1. The Hall–Kier alpha value is -5.84. The molecule has 2 saturated heterocycles. The van der Waals surface area contributed by atoms with Gasteiger partial charge in [-0.2, -0.15) is 18.3 Å². The summed E-state index contributed by atoms with van der Waals surface area (Å²) in [5, 5.41) is 11.8. The van der Waals surface area contributed by atoms with Crippen LogP contribution in [0.1, 0.15) is 54.3 Å². The fraction of sp³-hybridized carbons (Fsp3) is 0.385. The standard InChI is InChI=1S/C39H39F4N9O4/c1-56-34-18-30-24(15-31(34)46-37(54)29-3-2-4-35(45-29)39(41,42)43)22-52(48-30)26-7-5-23(6-8-26)21-49-11-13-50(14-12-49)32-17-25(40)16-27-28(32)19-44-20-33(27)51-10-9-36(53)47-38(51)55/h2-4,15-20,22-23,26H,5-14,21H2,1H3,(H,46,54)(H,47,53,55). The van der Waals surface area contributed by atoms with E-state index in [1.807, 2.05) is 10.9 Å². The molecule has 5 aromatic rings. The molecule has 3 aromatic heterocycles. The number of alkyl halides is 3. The maximum absolute atomic E-state index is 15.1. The molecule has 4 amide bonds. The Labute approximate surface area is 318 Å². The van der Waals surface area contributed by atoms with Gasteiger partial charge in [0.1, 0.15) is 23.0 Å². The number of carbonyl (C=O) groups is 3. The normalized spacial score (nSPS) is 19.7. The number of nitrogens with zero attached hydrogens (tertiary/aromatic N) is 7. The van der Waals surface area contributed by atoms with Crippen molar-refractivity contribution in [1.82, 2.24) is 30.0 Å². The number of benzene rings is 2. The predicted molar refractivity (Wildman–Crippen MR) is 200 cm³/mol. The van der Waals surface area contributed by atoms with Crippen LogP contribution < -0.4 is 25.2 Å². The predicted octanol–water partition coefficient (Wildman–Crippen LogP) is 6.40. The van der Waals surface area contributed by atoms with Gasteiger partial charge in [-0.3, -0.25) is 34.4 Å². The summed E-state index contributed by atoms with van der Waals surface area (Å²) in [6, 6.07) is 9.15. The number of pyridine rings is 2. The summed E-state index contributed by atoms with van der Waals surface area (Å²) in [5.74, 6) is -0.703. The average Bonchev–Trinajstić information content (AvgIpc) is 3.60. The molecule has 0 radical (unpaired) electrons. The van der Waals surface area contributed by atoms with Crippen molar-refractivity contribution >= 4 is 56.6 Å². The number of hydrogen-bond acceptors (Lipinski definition) is 9. The van der Waals surface area contributed by atoms with Crippen molar-refractivity contribution in [3.8, 4) is 5.75 Å². The van der Waals surface area contributed by atoms with E-state index in [4.69, 9.17) is 9.84 Å². The van der Waals surface area contributed by atoms with Gasteiger partial charge in [0.2, 0.25) is 5.91 Å². The van der Waals surface area contributed by atoms with Gasteiger partial charge in [-0.25, -0.2) is 14.2 Å². The highest BCUT2D eigenvalue weighted by atomic mass is 19.4. The van der Waals surface area contributed by atoms with Crippen molar-refractivity contribution in [3.63, 3.8) is 0 Å². The SMILES string of the molecule is COc1cc2nn(C3CCC(CN4CCN(c5cc(F)cc6c(N7CCC(=O)NC7=O)cncc56)CC4)CC3)cc2cc1NC(=O)c1cccc(C(F)(F)F)n1. The van der Waals surface area contributed by atoms with Gasteiger partial charge in [-0.15, -0.1) is 0 Å². The number of amides is 4. The van der Waals surface area contributed by atoms with E-state index in [0.29, 0.717) is 47.0 Å². The van der Waals surface area contributed by atoms with Gasteiger partial charge in [0.05, 0.1) is 36.2 Å². The molecule has 17 heteroatoms. The first-order valence-electron chi connectivity index (χ1n) is 18.5. The molecule has 0 unspecified atom stereocenters. The van der Waals surface area contributed by atoms with Crippen LogP contribution in [-0.4, -0.2) is 88.9 Å².